The molecule has 5 nitrogen and oxygen atoms in total. The van der Waals surface area contributed by atoms with E-state index in [0.717, 1.165) is 11.3 Å². The van der Waals surface area contributed by atoms with E-state index in [9.17, 15) is 34.8 Å². The summed E-state index contributed by atoms with van der Waals surface area (Å²) in [5.74, 6) is 0. The van der Waals surface area contributed by atoms with E-state index in [0.29, 0.717) is 27.9 Å². The van der Waals surface area contributed by atoms with Crippen LogP contribution in [0.4, 0.5) is 32.0 Å². The lowest BCUT2D eigenvalue weighted by atomic mass is 10.1. The van der Waals surface area contributed by atoms with Gasteiger partial charge in [0.2, 0.25) is 0 Å². The maximum atomic E-state index is 13.0. The largest absolute Gasteiger partial charge is 0.416 e. The molecule has 0 saturated carbocycles. The summed E-state index contributed by atoms with van der Waals surface area (Å²) in [6.07, 6.45) is -6.97. The lowest BCUT2D eigenvalue weighted by Gasteiger charge is -2.15. The second-order valence-electron chi connectivity index (χ2n) is 5.95. The van der Waals surface area contributed by atoms with Gasteiger partial charge >= 0.3 is 12.4 Å². The van der Waals surface area contributed by atoms with Gasteiger partial charge in [0.25, 0.3) is 10.0 Å². The molecule has 1 N–H and O–H groups in total. The Kier molecular flexibility index (Phi) is 6.26. The number of anilines is 1. The van der Waals surface area contributed by atoms with Gasteiger partial charge in [-0.25, -0.2) is 18.4 Å². The van der Waals surface area contributed by atoms with Crippen LogP contribution in [0.5, 0.6) is 0 Å². The van der Waals surface area contributed by atoms with Crippen LogP contribution in [0.25, 0.3) is 10.6 Å². The molecule has 31 heavy (non-hydrogen) atoms. The molecule has 1 aromatic carbocycles. The highest BCUT2D eigenvalue weighted by Gasteiger charge is 2.37. The normalized spacial score (nSPS) is 12.7. The molecule has 2 aromatic heterocycles. The topological polar surface area (TPSA) is 72.0 Å². The van der Waals surface area contributed by atoms with Gasteiger partial charge in [-0.3, -0.25) is 4.72 Å². The zero-order valence-corrected chi connectivity index (χ0v) is 17.7. The minimum atomic E-state index is -5.10. The molecule has 0 aliphatic heterocycles. The SMILES string of the molecule is CSc1nccc(-c2ccc(S(=O)(=O)Nc3cc(C(F)(F)F)cc(C(F)(F)F)c3)s2)n1. The lowest BCUT2D eigenvalue weighted by molar-refractivity contribution is -0.143. The molecule has 0 bridgehead atoms. The van der Waals surface area contributed by atoms with Gasteiger partial charge in [-0.15, -0.1) is 11.3 Å². The predicted molar refractivity (Wildman–Crippen MR) is 104 cm³/mol. The van der Waals surface area contributed by atoms with Crippen LogP contribution in [-0.4, -0.2) is 24.6 Å². The molecule has 166 valence electrons. The van der Waals surface area contributed by atoms with Crippen molar-refractivity contribution in [3.05, 3.63) is 53.7 Å². The number of hydrogen-bond acceptors (Lipinski definition) is 6. The third kappa shape index (κ3) is 5.49. The van der Waals surface area contributed by atoms with Gasteiger partial charge in [-0.05, 0) is 42.7 Å². The zero-order chi connectivity index (χ0) is 23.0. The first-order valence-electron chi connectivity index (χ1n) is 8.09. The summed E-state index contributed by atoms with van der Waals surface area (Å²) in [5.41, 5.74) is -3.69. The third-order valence-electron chi connectivity index (χ3n) is 3.75. The van der Waals surface area contributed by atoms with Crippen LogP contribution in [0.1, 0.15) is 11.1 Å². The van der Waals surface area contributed by atoms with Crippen molar-refractivity contribution in [3.8, 4) is 10.6 Å². The average molecular weight is 499 g/mol. The number of sulfonamides is 1. The number of alkyl halides is 6. The van der Waals surface area contributed by atoms with Crippen LogP contribution in [0.15, 0.2) is 52.0 Å². The number of benzene rings is 1. The molecule has 0 aliphatic carbocycles. The van der Waals surface area contributed by atoms with E-state index in [2.05, 4.69) is 9.97 Å². The third-order valence-corrected chi connectivity index (χ3v) is 7.30. The molecule has 0 fully saturated rings. The minimum absolute atomic E-state index is 0.0838. The fraction of sp³-hybridized carbons (Fsp3) is 0.176. The summed E-state index contributed by atoms with van der Waals surface area (Å²) in [4.78, 5) is 8.64. The van der Waals surface area contributed by atoms with Gasteiger partial charge in [0.15, 0.2) is 5.16 Å². The van der Waals surface area contributed by atoms with Crippen molar-refractivity contribution in [1.82, 2.24) is 9.97 Å². The highest BCUT2D eigenvalue weighted by atomic mass is 32.2. The van der Waals surface area contributed by atoms with Crippen LogP contribution < -0.4 is 4.72 Å². The van der Waals surface area contributed by atoms with E-state index in [-0.39, 0.29) is 10.3 Å². The van der Waals surface area contributed by atoms with Crippen molar-refractivity contribution < 1.29 is 34.8 Å². The van der Waals surface area contributed by atoms with Gasteiger partial charge < -0.3 is 0 Å². The second kappa shape index (κ2) is 8.31. The van der Waals surface area contributed by atoms with Crippen LogP contribution in [0, 0.1) is 0 Å². The Hall–Kier alpha value is -2.32. The Morgan fingerprint density at radius 2 is 1.58 bits per heavy atom. The molecule has 3 aromatic rings. The number of thiophene rings is 1. The first-order chi connectivity index (χ1) is 14.3. The molecule has 0 radical (unpaired) electrons. The number of nitrogens with zero attached hydrogens (tertiary/aromatic N) is 2. The quantitative estimate of drug-likeness (QED) is 0.274. The molecule has 2 heterocycles. The van der Waals surface area contributed by atoms with Crippen molar-refractivity contribution in [1.29, 1.82) is 0 Å². The monoisotopic (exact) mass is 499 g/mol. The Morgan fingerprint density at radius 3 is 2.13 bits per heavy atom. The van der Waals surface area contributed by atoms with Crippen molar-refractivity contribution in [2.45, 2.75) is 21.7 Å². The molecule has 0 unspecified atom stereocenters. The maximum absolute atomic E-state index is 13.0. The lowest BCUT2D eigenvalue weighted by Crippen LogP contribution is -2.15. The van der Waals surface area contributed by atoms with Crippen molar-refractivity contribution in [3.63, 3.8) is 0 Å². The van der Waals surface area contributed by atoms with Crippen LogP contribution >= 0.6 is 23.1 Å². The summed E-state index contributed by atoms with van der Waals surface area (Å²) in [5, 5.41) is 0.442. The van der Waals surface area contributed by atoms with Crippen molar-refractivity contribution in [2.75, 3.05) is 11.0 Å². The summed E-state index contributed by atoms with van der Waals surface area (Å²) in [6.45, 7) is 0. The Balaban J connectivity index is 1.96. The first kappa shape index (κ1) is 23.3. The number of hydrogen-bond donors (Lipinski definition) is 1. The van der Waals surface area contributed by atoms with Crippen LogP contribution in [0.2, 0.25) is 0 Å². The first-order valence-corrected chi connectivity index (χ1v) is 11.6. The van der Waals surface area contributed by atoms with Gasteiger partial charge in [0, 0.05) is 6.20 Å². The Labute approximate surface area is 180 Å². The highest BCUT2D eigenvalue weighted by molar-refractivity contribution is 7.98. The average Bonchev–Trinajstić information content (AvgIpc) is 3.17. The molecule has 3 rings (SSSR count). The van der Waals surface area contributed by atoms with Gasteiger partial charge in [-0.2, -0.15) is 26.3 Å². The van der Waals surface area contributed by atoms with E-state index < -0.39 is 39.2 Å². The van der Waals surface area contributed by atoms with E-state index in [1.54, 1.807) is 11.0 Å². The van der Waals surface area contributed by atoms with Crippen molar-refractivity contribution >= 4 is 38.8 Å². The number of rotatable bonds is 5. The Bertz CT molecular complexity index is 1170. The highest BCUT2D eigenvalue weighted by Crippen LogP contribution is 2.38. The second-order valence-corrected chi connectivity index (χ2v) is 9.71. The van der Waals surface area contributed by atoms with E-state index in [1.165, 1.54) is 36.2 Å². The number of thioether (sulfide) groups is 1. The molecule has 0 saturated heterocycles. The number of nitrogens with one attached hydrogen (secondary N) is 1. The molecule has 14 heteroatoms. The van der Waals surface area contributed by atoms with Crippen LogP contribution in [0.3, 0.4) is 0 Å². The van der Waals surface area contributed by atoms with E-state index in [4.69, 9.17) is 0 Å². The molecule has 0 aliphatic rings. The molecule has 0 spiro atoms. The van der Waals surface area contributed by atoms with Crippen LogP contribution in [-0.2, 0) is 22.4 Å². The van der Waals surface area contributed by atoms with Crippen molar-refractivity contribution in [2.24, 2.45) is 0 Å². The Morgan fingerprint density at radius 1 is 0.968 bits per heavy atom. The van der Waals surface area contributed by atoms with Gasteiger partial charge in [0.1, 0.15) is 4.21 Å². The predicted octanol–water partition coefficient (Wildman–Crippen LogP) is 5.77. The summed E-state index contributed by atoms with van der Waals surface area (Å²) >= 11 is 2.02. The minimum Gasteiger partial charge on any atom is -0.279 e. The van der Waals surface area contributed by atoms with Gasteiger partial charge in [-0.1, -0.05) is 11.8 Å². The van der Waals surface area contributed by atoms with E-state index >= 15 is 0 Å². The zero-order valence-electron chi connectivity index (χ0n) is 15.2. The smallest absolute Gasteiger partial charge is 0.279 e. The maximum Gasteiger partial charge on any atom is 0.416 e. The summed E-state index contributed by atoms with van der Waals surface area (Å²) in [7, 11) is -4.46. The van der Waals surface area contributed by atoms with Gasteiger partial charge in [0.05, 0.1) is 27.4 Å². The molecule has 0 amide bonds. The molecule has 0 atom stereocenters. The molecular weight excluding hydrogens is 488 g/mol. The molecular formula is C17H11F6N3O2S3. The number of halogens is 6. The number of aromatic nitrogens is 2. The fourth-order valence-corrected chi connectivity index (χ4v) is 5.07. The summed E-state index contributed by atoms with van der Waals surface area (Å²) < 4.78 is 105. The summed E-state index contributed by atoms with van der Waals surface area (Å²) in [6, 6.07) is 4.67. The van der Waals surface area contributed by atoms with E-state index in [1.807, 2.05) is 0 Å². The standard InChI is InChI=1S/C17H11F6N3O2S3/c1-29-15-24-5-4-12(25-15)13-2-3-14(30-13)31(27,28)26-11-7-9(16(18,19)20)6-10(8-11)17(21,22)23/h2-8,26H,1H3. The fourth-order valence-electron chi connectivity index (χ4n) is 2.40.